The van der Waals surface area contributed by atoms with E-state index in [9.17, 15) is 0 Å². The van der Waals surface area contributed by atoms with Gasteiger partial charge in [0.2, 0.25) is 0 Å². The first kappa shape index (κ1) is 38.2. The van der Waals surface area contributed by atoms with Crippen molar-refractivity contribution in [2.75, 3.05) is 0 Å². The fourth-order valence-corrected chi connectivity index (χ4v) is 14.1. The highest BCUT2D eigenvalue weighted by atomic mass is 32.1. The van der Waals surface area contributed by atoms with Crippen LogP contribution in [0.4, 0.5) is 0 Å². The van der Waals surface area contributed by atoms with Crippen molar-refractivity contribution in [1.29, 1.82) is 0 Å². The Hall–Kier alpha value is -7.94. The zero-order valence-electron chi connectivity index (χ0n) is 36.3. The van der Waals surface area contributed by atoms with Crippen LogP contribution in [0.15, 0.2) is 216 Å². The number of amidine groups is 2. The summed E-state index contributed by atoms with van der Waals surface area (Å²) in [5.74, 6) is 1.51. The molecule has 0 spiro atoms. The van der Waals surface area contributed by atoms with E-state index in [1.807, 2.05) is 34.0 Å². The van der Waals surface area contributed by atoms with Crippen LogP contribution < -0.4 is 5.32 Å². The Kier molecular flexibility index (Phi) is 8.30. The zero-order valence-corrected chi connectivity index (χ0v) is 38.7. The maximum Gasteiger partial charge on any atom is 0.159 e. The van der Waals surface area contributed by atoms with Crippen LogP contribution >= 0.6 is 34.0 Å². The first-order valence-electron chi connectivity index (χ1n) is 22.9. The Morgan fingerprint density at radius 2 is 1.00 bits per heavy atom. The van der Waals surface area contributed by atoms with Crippen LogP contribution in [-0.2, 0) is 0 Å². The van der Waals surface area contributed by atoms with Crippen LogP contribution in [0.3, 0.4) is 0 Å². The van der Waals surface area contributed by atoms with E-state index < -0.39 is 6.17 Å². The van der Waals surface area contributed by atoms with Crippen LogP contribution in [0.25, 0.3) is 110 Å². The molecule has 1 N–H and O–H groups in total. The molecule has 1 unspecified atom stereocenters. The van der Waals surface area contributed by atoms with Gasteiger partial charge in [-0.25, -0.2) is 9.98 Å². The van der Waals surface area contributed by atoms with Crippen LogP contribution in [0.2, 0.25) is 0 Å². The molecule has 0 saturated carbocycles. The highest BCUT2D eigenvalue weighted by molar-refractivity contribution is 7.26. The first-order chi connectivity index (χ1) is 33.7. The molecule has 0 aliphatic carbocycles. The van der Waals surface area contributed by atoms with Gasteiger partial charge in [0.25, 0.3) is 0 Å². The largest absolute Gasteiger partial charge is 0.344 e. The van der Waals surface area contributed by atoms with Gasteiger partial charge in [0.15, 0.2) is 5.84 Å². The summed E-state index contributed by atoms with van der Waals surface area (Å²) in [6, 6.07) is 75.6. The standard InChI is InChI=1S/C61H36N4S3/c1-2-14-36-34-50-46(31-35(36)13-1)39-15-3-7-21-48(39)65(50)49-29-27-38(33-45(49)37-28-30-54-47(32-37)40-16-4-8-22-51(40)66-54)59-62-60(43-19-11-25-55-57(43)41-17-5-9-23-52(41)67-55)64-61(63-59)44-20-12-26-56-58(44)42-18-6-10-24-53(42)68-56/h1-34,60H,(H,62,63,64). The topological polar surface area (TPSA) is 41.7 Å². The van der Waals surface area contributed by atoms with E-state index in [1.54, 1.807) is 0 Å². The normalized spacial score (nSPS) is 14.3. The highest BCUT2D eigenvalue weighted by Gasteiger charge is 2.27. The third kappa shape index (κ3) is 5.77. The predicted molar refractivity (Wildman–Crippen MR) is 294 cm³/mol. The minimum absolute atomic E-state index is 0.401. The number of aromatic nitrogens is 1. The van der Waals surface area contributed by atoms with Crippen molar-refractivity contribution in [3.05, 3.63) is 223 Å². The van der Waals surface area contributed by atoms with E-state index in [0.29, 0.717) is 5.84 Å². The van der Waals surface area contributed by atoms with E-state index >= 15 is 0 Å². The number of aliphatic imine (C=N–C) groups is 2. The smallest absolute Gasteiger partial charge is 0.159 e. The monoisotopic (exact) mass is 920 g/mol. The summed E-state index contributed by atoms with van der Waals surface area (Å²) in [6.07, 6.45) is -0.401. The number of para-hydroxylation sites is 1. The minimum atomic E-state index is -0.401. The van der Waals surface area contributed by atoms with Gasteiger partial charge in [-0.15, -0.1) is 34.0 Å². The number of benzene rings is 10. The number of nitrogens with one attached hydrogen (secondary N) is 1. The van der Waals surface area contributed by atoms with Crippen molar-refractivity contribution in [3.8, 4) is 16.8 Å². The lowest BCUT2D eigenvalue weighted by molar-refractivity contribution is 0.680. The van der Waals surface area contributed by atoms with E-state index in [1.165, 1.54) is 93.1 Å². The Morgan fingerprint density at radius 3 is 1.81 bits per heavy atom. The molecule has 1 aliphatic rings. The van der Waals surface area contributed by atoms with Crippen molar-refractivity contribution in [2.24, 2.45) is 9.98 Å². The molecule has 0 amide bonds. The Morgan fingerprint density at radius 1 is 0.397 bits per heavy atom. The van der Waals surface area contributed by atoms with Crippen LogP contribution in [0, 0.1) is 0 Å². The average Bonchev–Trinajstić information content (AvgIpc) is 4.16. The first-order valence-corrected chi connectivity index (χ1v) is 25.4. The van der Waals surface area contributed by atoms with Gasteiger partial charge in [0.1, 0.15) is 12.0 Å². The van der Waals surface area contributed by atoms with Crippen molar-refractivity contribution < 1.29 is 0 Å². The lowest BCUT2D eigenvalue weighted by Gasteiger charge is -2.25. The lowest BCUT2D eigenvalue weighted by atomic mass is 9.97. The fourth-order valence-electron chi connectivity index (χ4n) is 10.8. The minimum Gasteiger partial charge on any atom is -0.344 e. The molecule has 10 aromatic carbocycles. The van der Waals surface area contributed by atoms with Crippen molar-refractivity contribution in [2.45, 2.75) is 6.17 Å². The molecule has 0 saturated heterocycles. The van der Waals surface area contributed by atoms with E-state index in [2.05, 4.69) is 216 Å². The van der Waals surface area contributed by atoms with Gasteiger partial charge >= 0.3 is 0 Å². The maximum atomic E-state index is 5.63. The molecular formula is C61H36N4S3. The molecule has 4 nitrogen and oxygen atoms in total. The van der Waals surface area contributed by atoms with Crippen LogP contribution in [0.5, 0.6) is 0 Å². The third-order valence-electron chi connectivity index (χ3n) is 13.9. The van der Waals surface area contributed by atoms with Gasteiger partial charge in [-0.2, -0.15) is 0 Å². The molecule has 1 aliphatic heterocycles. The van der Waals surface area contributed by atoms with Gasteiger partial charge < -0.3 is 9.88 Å². The van der Waals surface area contributed by atoms with Gasteiger partial charge in [-0.1, -0.05) is 127 Å². The fraction of sp³-hybridized carbons (Fsp3) is 0.0164. The van der Waals surface area contributed by atoms with Crippen molar-refractivity contribution in [3.63, 3.8) is 0 Å². The predicted octanol–water partition coefficient (Wildman–Crippen LogP) is 17.2. The number of hydrogen-bond donors (Lipinski definition) is 1. The molecule has 14 aromatic rings. The van der Waals surface area contributed by atoms with Crippen molar-refractivity contribution in [1.82, 2.24) is 9.88 Å². The number of thiophene rings is 3. The summed E-state index contributed by atoms with van der Waals surface area (Å²) < 4.78 is 10.1. The highest BCUT2D eigenvalue weighted by Crippen LogP contribution is 2.44. The molecule has 7 heteroatoms. The van der Waals surface area contributed by atoms with E-state index in [-0.39, 0.29) is 0 Å². The quantitative estimate of drug-likeness (QED) is 0.184. The van der Waals surface area contributed by atoms with Gasteiger partial charge in [0, 0.05) is 93.5 Å². The van der Waals surface area contributed by atoms with Gasteiger partial charge in [-0.05, 0) is 95.2 Å². The molecule has 68 heavy (non-hydrogen) atoms. The van der Waals surface area contributed by atoms with E-state index in [0.717, 1.165) is 39.3 Å². The lowest BCUT2D eigenvalue weighted by Crippen LogP contribution is -2.33. The summed E-state index contributed by atoms with van der Waals surface area (Å²) in [5, 5.41) is 16.3. The Labute approximate surface area is 402 Å². The summed E-state index contributed by atoms with van der Waals surface area (Å²) in [4.78, 5) is 11.2. The van der Waals surface area contributed by atoms with Crippen LogP contribution in [0.1, 0.15) is 22.9 Å². The number of nitrogens with zero attached hydrogens (tertiary/aromatic N) is 3. The molecular weight excluding hydrogens is 885 g/mol. The Bertz CT molecular complexity index is 4500. The van der Waals surface area contributed by atoms with E-state index in [4.69, 9.17) is 9.98 Å². The van der Waals surface area contributed by atoms with Gasteiger partial charge in [-0.3, -0.25) is 0 Å². The molecule has 4 aromatic heterocycles. The molecule has 0 radical (unpaired) electrons. The van der Waals surface area contributed by atoms with Crippen LogP contribution in [-0.4, -0.2) is 16.2 Å². The maximum absolute atomic E-state index is 5.63. The third-order valence-corrected chi connectivity index (χ3v) is 17.3. The average molecular weight is 921 g/mol. The summed E-state index contributed by atoms with van der Waals surface area (Å²) >= 11 is 5.52. The summed E-state index contributed by atoms with van der Waals surface area (Å²) in [6.45, 7) is 0. The molecule has 15 rings (SSSR count). The van der Waals surface area contributed by atoms with Gasteiger partial charge in [0.05, 0.1) is 16.7 Å². The molecule has 5 heterocycles. The second-order valence-corrected chi connectivity index (χ2v) is 20.9. The zero-order chi connectivity index (χ0) is 44.5. The van der Waals surface area contributed by atoms with Crippen molar-refractivity contribution >= 4 is 139 Å². The summed E-state index contributed by atoms with van der Waals surface area (Å²) in [7, 11) is 0. The molecule has 0 fully saturated rings. The second-order valence-electron chi connectivity index (χ2n) is 17.7. The molecule has 0 bridgehead atoms. The SMILES string of the molecule is c1ccc2cc3c(cc2c1)c1ccccc1n3-c1ccc(C2=NC(c3cccc4sc5ccccc5c34)NC(c3cccc4sc5ccccc5c34)=N2)cc1-c1ccc2sc3ccccc3c2c1. The molecule has 318 valence electrons. The number of rotatable bonds is 5. The summed E-state index contributed by atoms with van der Waals surface area (Å²) in [5.41, 5.74) is 8.87. The number of fused-ring (bicyclic) bond motifs is 13. The number of hydrogen-bond acceptors (Lipinski definition) is 6. The molecule has 1 atom stereocenters. The second kappa shape index (κ2) is 14.8. The Balaban J connectivity index is 1.00.